The Morgan fingerprint density at radius 3 is 2.62 bits per heavy atom. The van der Waals surface area contributed by atoms with E-state index in [4.69, 9.17) is 11.2 Å². The lowest BCUT2D eigenvalue weighted by atomic mass is 10.2. The lowest BCUT2D eigenvalue weighted by molar-refractivity contribution is 0.414. The normalized spacial score (nSPS) is 9.23. The second-order valence-corrected chi connectivity index (χ2v) is 2.66. The van der Waals surface area contributed by atoms with Gasteiger partial charge in [0.05, 0.1) is 13.7 Å². The van der Waals surface area contributed by atoms with Crippen LogP contribution in [-0.4, -0.2) is 13.7 Å². The molecule has 0 radical (unpaired) electrons. The quantitative estimate of drug-likeness (QED) is 0.552. The van der Waals surface area contributed by atoms with E-state index in [1.165, 1.54) is 5.56 Å². The topological polar surface area (TPSA) is 21.3 Å². The van der Waals surface area contributed by atoms with Gasteiger partial charge in [0.25, 0.3) is 0 Å². The van der Waals surface area contributed by atoms with Crippen molar-refractivity contribution in [3.05, 3.63) is 29.8 Å². The van der Waals surface area contributed by atoms with Gasteiger partial charge in [-0.15, -0.1) is 6.42 Å². The third-order valence-electron chi connectivity index (χ3n) is 1.72. The summed E-state index contributed by atoms with van der Waals surface area (Å²) in [5, 5.41) is 3.11. The highest BCUT2D eigenvalue weighted by atomic mass is 16.5. The predicted octanol–water partition coefficient (Wildman–Crippen LogP) is 1.42. The van der Waals surface area contributed by atoms with Gasteiger partial charge < -0.3 is 10.1 Å². The summed E-state index contributed by atoms with van der Waals surface area (Å²) in [6.07, 6.45) is 5.11. The third-order valence-corrected chi connectivity index (χ3v) is 1.72. The summed E-state index contributed by atoms with van der Waals surface area (Å²) in [6, 6.07) is 7.91. The molecule has 0 aliphatic rings. The van der Waals surface area contributed by atoms with Gasteiger partial charge in [-0.2, -0.15) is 0 Å². The zero-order valence-corrected chi connectivity index (χ0v) is 7.71. The van der Waals surface area contributed by atoms with Gasteiger partial charge in [-0.1, -0.05) is 18.1 Å². The van der Waals surface area contributed by atoms with Gasteiger partial charge >= 0.3 is 0 Å². The average Bonchev–Trinajstić information content (AvgIpc) is 2.19. The minimum atomic E-state index is 0.603. The summed E-state index contributed by atoms with van der Waals surface area (Å²) in [7, 11) is 1.66. The van der Waals surface area contributed by atoms with Crippen molar-refractivity contribution >= 4 is 0 Å². The van der Waals surface area contributed by atoms with Gasteiger partial charge in [0, 0.05) is 6.54 Å². The van der Waals surface area contributed by atoms with Crippen LogP contribution in [0.2, 0.25) is 0 Å². The highest BCUT2D eigenvalue weighted by Gasteiger charge is 1.92. The SMILES string of the molecule is C#CCNCc1ccc(OC)cc1. The zero-order valence-electron chi connectivity index (χ0n) is 7.71. The molecule has 0 aliphatic carbocycles. The lowest BCUT2D eigenvalue weighted by Gasteiger charge is -2.02. The Morgan fingerprint density at radius 1 is 1.38 bits per heavy atom. The first kappa shape index (κ1) is 9.63. The minimum Gasteiger partial charge on any atom is -0.497 e. The second-order valence-electron chi connectivity index (χ2n) is 2.66. The van der Waals surface area contributed by atoms with Gasteiger partial charge in [-0.05, 0) is 17.7 Å². The summed E-state index contributed by atoms with van der Waals surface area (Å²) in [4.78, 5) is 0. The molecule has 2 nitrogen and oxygen atoms in total. The molecule has 1 aromatic rings. The smallest absolute Gasteiger partial charge is 0.118 e. The predicted molar refractivity (Wildman–Crippen MR) is 53.5 cm³/mol. The molecule has 1 N–H and O–H groups in total. The van der Waals surface area contributed by atoms with Crippen LogP contribution in [0.1, 0.15) is 5.56 Å². The summed E-state index contributed by atoms with van der Waals surface area (Å²) in [6.45, 7) is 1.40. The Bertz CT molecular complexity index is 284. The average molecular weight is 175 g/mol. The van der Waals surface area contributed by atoms with Crippen molar-refractivity contribution < 1.29 is 4.74 Å². The highest BCUT2D eigenvalue weighted by molar-refractivity contribution is 5.27. The first-order valence-corrected chi connectivity index (χ1v) is 4.14. The largest absolute Gasteiger partial charge is 0.497 e. The molecule has 0 aromatic heterocycles. The van der Waals surface area contributed by atoms with E-state index in [0.717, 1.165) is 12.3 Å². The molecule has 13 heavy (non-hydrogen) atoms. The van der Waals surface area contributed by atoms with Gasteiger partial charge in [-0.25, -0.2) is 0 Å². The van der Waals surface area contributed by atoms with Gasteiger partial charge in [0.2, 0.25) is 0 Å². The van der Waals surface area contributed by atoms with Crippen LogP contribution >= 0.6 is 0 Å². The molecule has 0 unspecified atom stereocenters. The van der Waals surface area contributed by atoms with Crippen molar-refractivity contribution in [3.63, 3.8) is 0 Å². The van der Waals surface area contributed by atoms with E-state index < -0.39 is 0 Å². The molecule has 0 saturated heterocycles. The van der Waals surface area contributed by atoms with E-state index in [9.17, 15) is 0 Å². The minimum absolute atomic E-state index is 0.603. The molecule has 0 spiro atoms. The number of terminal acetylenes is 1. The number of nitrogens with one attached hydrogen (secondary N) is 1. The van der Waals surface area contributed by atoms with Crippen LogP contribution in [-0.2, 0) is 6.54 Å². The maximum absolute atomic E-state index is 5.11. The monoisotopic (exact) mass is 175 g/mol. The van der Waals surface area contributed by atoms with Crippen LogP contribution < -0.4 is 10.1 Å². The molecule has 1 aromatic carbocycles. The molecule has 0 atom stereocenters. The Balaban J connectivity index is 2.45. The third kappa shape index (κ3) is 3.18. The molecule has 2 heteroatoms. The first-order chi connectivity index (χ1) is 6.36. The van der Waals surface area contributed by atoms with Crippen LogP contribution in [0.5, 0.6) is 5.75 Å². The maximum Gasteiger partial charge on any atom is 0.118 e. The van der Waals surface area contributed by atoms with Crippen molar-refractivity contribution in [2.75, 3.05) is 13.7 Å². The van der Waals surface area contributed by atoms with E-state index in [1.807, 2.05) is 24.3 Å². The van der Waals surface area contributed by atoms with Crippen molar-refractivity contribution in [1.29, 1.82) is 0 Å². The maximum atomic E-state index is 5.11. The van der Waals surface area contributed by atoms with Crippen molar-refractivity contribution in [1.82, 2.24) is 5.32 Å². The van der Waals surface area contributed by atoms with Crippen LogP contribution in [0.3, 0.4) is 0 Å². The van der Waals surface area contributed by atoms with Gasteiger partial charge in [0.1, 0.15) is 5.75 Å². The fraction of sp³-hybridized carbons (Fsp3) is 0.273. The van der Waals surface area contributed by atoms with Gasteiger partial charge in [0.15, 0.2) is 0 Å². The fourth-order valence-corrected chi connectivity index (χ4v) is 1.02. The van der Waals surface area contributed by atoms with Crippen LogP contribution in [0.15, 0.2) is 24.3 Å². The van der Waals surface area contributed by atoms with E-state index in [-0.39, 0.29) is 0 Å². The van der Waals surface area contributed by atoms with E-state index in [1.54, 1.807) is 7.11 Å². The number of ether oxygens (including phenoxy) is 1. The number of benzene rings is 1. The Morgan fingerprint density at radius 2 is 2.08 bits per heavy atom. The van der Waals surface area contributed by atoms with Gasteiger partial charge in [-0.3, -0.25) is 0 Å². The molecule has 0 bridgehead atoms. The fourth-order valence-electron chi connectivity index (χ4n) is 1.02. The van der Waals surface area contributed by atoms with Crippen LogP contribution in [0, 0.1) is 12.3 Å². The number of rotatable bonds is 4. The van der Waals surface area contributed by atoms with E-state index in [2.05, 4.69) is 11.2 Å². The first-order valence-electron chi connectivity index (χ1n) is 4.14. The summed E-state index contributed by atoms with van der Waals surface area (Å²) in [5.41, 5.74) is 1.20. The highest BCUT2D eigenvalue weighted by Crippen LogP contribution is 2.10. The summed E-state index contributed by atoms with van der Waals surface area (Å²) < 4.78 is 5.04. The molecule has 1 rings (SSSR count). The molecule has 68 valence electrons. The molecule has 0 saturated carbocycles. The molecule has 0 amide bonds. The Hall–Kier alpha value is -1.46. The van der Waals surface area contributed by atoms with Crippen LogP contribution in [0.25, 0.3) is 0 Å². The van der Waals surface area contributed by atoms with Crippen molar-refractivity contribution in [3.8, 4) is 18.1 Å². The van der Waals surface area contributed by atoms with Crippen molar-refractivity contribution in [2.24, 2.45) is 0 Å². The van der Waals surface area contributed by atoms with E-state index >= 15 is 0 Å². The van der Waals surface area contributed by atoms with E-state index in [0.29, 0.717) is 6.54 Å². The molecular weight excluding hydrogens is 162 g/mol. The Labute approximate surface area is 78.9 Å². The number of methoxy groups -OCH3 is 1. The standard InChI is InChI=1S/C11H13NO/c1-3-8-12-9-10-4-6-11(13-2)7-5-10/h1,4-7,12H,8-9H2,2H3. The lowest BCUT2D eigenvalue weighted by Crippen LogP contribution is -2.12. The van der Waals surface area contributed by atoms with Crippen LogP contribution in [0.4, 0.5) is 0 Å². The Kier molecular flexibility index (Phi) is 3.87. The summed E-state index contributed by atoms with van der Waals surface area (Å²) in [5.74, 6) is 3.40. The molecule has 0 fully saturated rings. The zero-order chi connectivity index (χ0) is 9.52. The summed E-state index contributed by atoms with van der Waals surface area (Å²) >= 11 is 0. The number of hydrogen-bond acceptors (Lipinski definition) is 2. The number of hydrogen-bond donors (Lipinski definition) is 1. The molecule has 0 aliphatic heterocycles. The second kappa shape index (κ2) is 5.23. The molecular formula is C11H13NO. The molecule has 0 heterocycles. The van der Waals surface area contributed by atoms with Crippen molar-refractivity contribution in [2.45, 2.75) is 6.54 Å².